The molecule has 19 heavy (non-hydrogen) atoms. The van der Waals surface area contributed by atoms with Crippen LogP contribution in [0, 0.1) is 6.92 Å². The van der Waals surface area contributed by atoms with Crippen molar-refractivity contribution in [2.75, 3.05) is 18.5 Å². The molecular weight excluding hydrogens is 254 g/mol. The highest BCUT2D eigenvalue weighted by atomic mass is 32.1. The standard InChI is InChI=1S/C15H21N3S/c1-4-16-9-14-10-17-15(19-14)18(3)11-13-8-6-5-7-12(13)2/h5-8,10,16H,4,9,11H2,1-3H3. The van der Waals surface area contributed by atoms with Gasteiger partial charge in [-0.15, -0.1) is 11.3 Å². The van der Waals surface area contributed by atoms with Gasteiger partial charge in [-0.3, -0.25) is 0 Å². The summed E-state index contributed by atoms with van der Waals surface area (Å²) < 4.78 is 0. The lowest BCUT2D eigenvalue weighted by atomic mass is 10.1. The number of nitrogens with one attached hydrogen (secondary N) is 1. The molecule has 3 nitrogen and oxygen atoms in total. The zero-order chi connectivity index (χ0) is 13.7. The van der Waals surface area contributed by atoms with Crippen molar-refractivity contribution in [1.29, 1.82) is 0 Å². The lowest BCUT2D eigenvalue weighted by molar-refractivity contribution is 0.734. The first-order chi connectivity index (χ1) is 9.20. The van der Waals surface area contributed by atoms with Gasteiger partial charge in [0.25, 0.3) is 0 Å². The Balaban J connectivity index is 2.01. The number of thiazole rings is 1. The summed E-state index contributed by atoms with van der Waals surface area (Å²) in [5.74, 6) is 0. The van der Waals surface area contributed by atoms with Crippen molar-refractivity contribution < 1.29 is 0 Å². The van der Waals surface area contributed by atoms with E-state index in [0.29, 0.717) is 0 Å². The van der Waals surface area contributed by atoms with Crippen molar-refractivity contribution in [2.45, 2.75) is 26.9 Å². The Bertz CT molecular complexity index is 522. The summed E-state index contributed by atoms with van der Waals surface area (Å²) in [6, 6.07) is 8.51. The summed E-state index contributed by atoms with van der Waals surface area (Å²) in [6.07, 6.45) is 1.97. The summed E-state index contributed by atoms with van der Waals surface area (Å²) in [6.45, 7) is 7.08. The fourth-order valence-electron chi connectivity index (χ4n) is 1.91. The van der Waals surface area contributed by atoms with Gasteiger partial charge in [0.15, 0.2) is 5.13 Å². The van der Waals surface area contributed by atoms with Crippen molar-refractivity contribution in [3.8, 4) is 0 Å². The molecule has 0 atom stereocenters. The van der Waals surface area contributed by atoms with Crippen LogP contribution in [-0.2, 0) is 13.1 Å². The molecule has 1 aromatic carbocycles. The van der Waals surface area contributed by atoms with Gasteiger partial charge in [-0.2, -0.15) is 0 Å². The van der Waals surface area contributed by atoms with Crippen molar-refractivity contribution in [1.82, 2.24) is 10.3 Å². The quantitative estimate of drug-likeness (QED) is 0.877. The Morgan fingerprint density at radius 1 is 1.32 bits per heavy atom. The van der Waals surface area contributed by atoms with Gasteiger partial charge in [0.05, 0.1) is 0 Å². The summed E-state index contributed by atoms with van der Waals surface area (Å²) in [5, 5.41) is 4.41. The minimum Gasteiger partial charge on any atom is -0.347 e. The molecule has 0 unspecified atom stereocenters. The summed E-state index contributed by atoms with van der Waals surface area (Å²) in [7, 11) is 2.10. The lowest BCUT2D eigenvalue weighted by Crippen LogP contribution is -2.16. The van der Waals surface area contributed by atoms with Crippen molar-refractivity contribution >= 4 is 16.5 Å². The zero-order valence-electron chi connectivity index (χ0n) is 11.8. The third-order valence-corrected chi connectivity index (χ3v) is 4.20. The SMILES string of the molecule is CCNCc1cnc(N(C)Cc2ccccc2C)s1. The number of benzene rings is 1. The first kappa shape index (κ1) is 14.0. The molecule has 0 amide bonds. The minimum atomic E-state index is 0.904. The van der Waals surface area contributed by atoms with E-state index < -0.39 is 0 Å². The molecule has 0 saturated heterocycles. The molecule has 0 bridgehead atoms. The maximum Gasteiger partial charge on any atom is 0.185 e. The van der Waals surface area contributed by atoms with Crippen LogP contribution in [0.1, 0.15) is 22.9 Å². The predicted molar refractivity (Wildman–Crippen MR) is 82.8 cm³/mol. The maximum absolute atomic E-state index is 4.50. The number of anilines is 1. The number of hydrogen-bond acceptors (Lipinski definition) is 4. The van der Waals surface area contributed by atoms with Crippen LogP contribution >= 0.6 is 11.3 Å². The molecule has 1 aromatic heterocycles. The molecule has 2 aromatic rings. The van der Waals surface area contributed by atoms with Crippen molar-refractivity contribution in [3.05, 3.63) is 46.5 Å². The number of nitrogens with zero attached hydrogens (tertiary/aromatic N) is 2. The van der Waals surface area contributed by atoms with Crippen LogP contribution in [0.15, 0.2) is 30.5 Å². The highest BCUT2D eigenvalue weighted by Gasteiger charge is 2.08. The van der Waals surface area contributed by atoms with Crippen LogP contribution < -0.4 is 10.2 Å². The van der Waals surface area contributed by atoms with Crippen molar-refractivity contribution in [3.63, 3.8) is 0 Å². The maximum atomic E-state index is 4.50. The third-order valence-electron chi connectivity index (χ3n) is 3.09. The van der Waals surface area contributed by atoms with Crippen LogP contribution in [-0.4, -0.2) is 18.6 Å². The Labute approximate surface area is 119 Å². The Hall–Kier alpha value is -1.39. The summed E-state index contributed by atoms with van der Waals surface area (Å²) >= 11 is 1.76. The van der Waals surface area contributed by atoms with E-state index >= 15 is 0 Å². The van der Waals surface area contributed by atoms with E-state index in [1.54, 1.807) is 11.3 Å². The molecule has 0 radical (unpaired) electrons. The molecule has 102 valence electrons. The molecule has 0 spiro atoms. The molecule has 0 fully saturated rings. The normalized spacial score (nSPS) is 10.7. The van der Waals surface area contributed by atoms with E-state index in [1.807, 2.05) is 6.20 Å². The second-order valence-corrected chi connectivity index (χ2v) is 5.77. The van der Waals surface area contributed by atoms with Crippen molar-refractivity contribution in [2.24, 2.45) is 0 Å². The molecule has 1 N–H and O–H groups in total. The Kier molecular flexibility index (Phi) is 4.93. The van der Waals surface area contributed by atoms with Crippen LogP contribution in [0.5, 0.6) is 0 Å². The van der Waals surface area contributed by atoms with Gasteiger partial charge in [-0.1, -0.05) is 31.2 Å². The van der Waals surface area contributed by atoms with Gasteiger partial charge in [0, 0.05) is 31.2 Å². The van der Waals surface area contributed by atoms with E-state index in [9.17, 15) is 0 Å². The molecule has 0 aliphatic heterocycles. The second kappa shape index (κ2) is 6.68. The van der Waals surface area contributed by atoms with E-state index in [-0.39, 0.29) is 0 Å². The Morgan fingerprint density at radius 2 is 2.11 bits per heavy atom. The molecule has 0 aliphatic rings. The van der Waals surface area contributed by atoms with Crippen LogP contribution in [0.4, 0.5) is 5.13 Å². The van der Waals surface area contributed by atoms with Gasteiger partial charge in [-0.25, -0.2) is 4.98 Å². The molecule has 2 rings (SSSR count). The van der Waals surface area contributed by atoms with Crippen LogP contribution in [0.2, 0.25) is 0 Å². The third kappa shape index (κ3) is 3.78. The average molecular weight is 275 g/mol. The zero-order valence-corrected chi connectivity index (χ0v) is 12.6. The fraction of sp³-hybridized carbons (Fsp3) is 0.400. The molecular formula is C15H21N3S. The molecule has 0 aliphatic carbocycles. The summed E-state index contributed by atoms with van der Waals surface area (Å²) in [5.41, 5.74) is 2.69. The average Bonchev–Trinajstić information content (AvgIpc) is 2.88. The van der Waals surface area contributed by atoms with E-state index in [1.165, 1.54) is 16.0 Å². The minimum absolute atomic E-state index is 0.904. The van der Waals surface area contributed by atoms with Gasteiger partial charge < -0.3 is 10.2 Å². The molecule has 1 heterocycles. The topological polar surface area (TPSA) is 28.2 Å². The van der Waals surface area contributed by atoms with Gasteiger partial charge >= 0.3 is 0 Å². The largest absolute Gasteiger partial charge is 0.347 e. The first-order valence-corrected chi connectivity index (χ1v) is 7.43. The number of hydrogen-bond donors (Lipinski definition) is 1. The van der Waals surface area contributed by atoms with Gasteiger partial charge in [0.2, 0.25) is 0 Å². The van der Waals surface area contributed by atoms with E-state index in [2.05, 4.69) is 60.4 Å². The highest BCUT2D eigenvalue weighted by Crippen LogP contribution is 2.23. The first-order valence-electron chi connectivity index (χ1n) is 6.61. The number of rotatable bonds is 6. The smallest absolute Gasteiger partial charge is 0.185 e. The lowest BCUT2D eigenvalue weighted by Gasteiger charge is -2.17. The number of aromatic nitrogens is 1. The van der Waals surface area contributed by atoms with Gasteiger partial charge in [-0.05, 0) is 24.6 Å². The monoisotopic (exact) mass is 275 g/mol. The van der Waals surface area contributed by atoms with E-state index in [0.717, 1.165) is 24.8 Å². The molecule has 4 heteroatoms. The number of aryl methyl sites for hydroxylation is 1. The van der Waals surface area contributed by atoms with Crippen LogP contribution in [0.3, 0.4) is 0 Å². The second-order valence-electron chi connectivity index (χ2n) is 4.67. The Morgan fingerprint density at radius 3 is 2.84 bits per heavy atom. The van der Waals surface area contributed by atoms with Gasteiger partial charge in [0.1, 0.15) is 0 Å². The predicted octanol–water partition coefficient (Wildman–Crippen LogP) is 3.20. The molecule has 0 saturated carbocycles. The highest BCUT2D eigenvalue weighted by molar-refractivity contribution is 7.15. The van der Waals surface area contributed by atoms with Crippen LogP contribution in [0.25, 0.3) is 0 Å². The van der Waals surface area contributed by atoms with E-state index in [4.69, 9.17) is 0 Å². The summed E-state index contributed by atoms with van der Waals surface area (Å²) in [4.78, 5) is 8.00. The fourth-order valence-corrected chi connectivity index (χ4v) is 2.75.